The monoisotopic (exact) mass is 354 g/mol. The molecule has 0 saturated carbocycles. The maximum absolute atomic E-state index is 13.7. The fourth-order valence-corrected chi connectivity index (χ4v) is 2.14. The number of nitrogens with zero attached hydrogens (tertiary/aromatic N) is 1. The molecule has 2 rings (SSSR count). The van der Waals surface area contributed by atoms with Gasteiger partial charge < -0.3 is 10.1 Å². The fraction of sp³-hybridized carbons (Fsp3) is 0.143. The smallest absolute Gasteiger partial charge is 0.271 e. The Kier molecular flexibility index (Phi) is 4.74. The first-order valence-electron chi connectivity index (χ1n) is 6.01. The van der Waals surface area contributed by atoms with Crippen molar-refractivity contribution in [2.24, 2.45) is 0 Å². The summed E-state index contributed by atoms with van der Waals surface area (Å²) in [6.45, 7) is 0.191. The first-order chi connectivity index (χ1) is 10.0. The van der Waals surface area contributed by atoms with E-state index in [9.17, 15) is 14.5 Å². The molecule has 2 aromatic rings. The summed E-state index contributed by atoms with van der Waals surface area (Å²) in [5.41, 5.74) is 0.829. The van der Waals surface area contributed by atoms with E-state index in [1.54, 1.807) is 12.1 Å². The minimum atomic E-state index is -0.495. The maximum Gasteiger partial charge on any atom is 0.271 e. The van der Waals surface area contributed by atoms with Crippen LogP contribution in [0, 0.1) is 15.9 Å². The lowest BCUT2D eigenvalue weighted by Gasteiger charge is -2.11. The van der Waals surface area contributed by atoms with Crippen molar-refractivity contribution in [1.82, 2.24) is 0 Å². The minimum absolute atomic E-state index is 0.0606. The van der Waals surface area contributed by atoms with E-state index in [-0.39, 0.29) is 18.0 Å². The Morgan fingerprint density at radius 2 is 2.10 bits per heavy atom. The van der Waals surface area contributed by atoms with Crippen LogP contribution in [0.5, 0.6) is 5.75 Å². The first kappa shape index (κ1) is 15.2. The molecule has 0 aliphatic rings. The second kappa shape index (κ2) is 6.53. The summed E-state index contributed by atoms with van der Waals surface area (Å²) in [6.07, 6.45) is 0. The molecule has 5 nitrogen and oxygen atoms in total. The van der Waals surface area contributed by atoms with Gasteiger partial charge in [-0.25, -0.2) is 4.39 Å². The van der Waals surface area contributed by atoms with E-state index in [4.69, 9.17) is 4.74 Å². The summed E-state index contributed by atoms with van der Waals surface area (Å²) >= 11 is 3.19. The van der Waals surface area contributed by atoms with E-state index >= 15 is 0 Å². The van der Waals surface area contributed by atoms with E-state index in [0.717, 1.165) is 0 Å². The van der Waals surface area contributed by atoms with Gasteiger partial charge in [-0.15, -0.1) is 0 Å². The zero-order valence-electron chi connectivity index (χ0n) is 11.1. The molecule has 0 unspecified atom stereocenters. The molecule has 0 amide bonds. The third-order valence-electron chi connectivity index (χ3n) is 2.88. The van der Waals surface area contributed by atoms with Crippen molar-refractivity contribution in [3.63, 3.8) is 0 Å². The van der Waals surface area contributed by atoms with Crippen LogP contribution in [0.15, 0.2) is 40.9 Å². The molecule has 0 saturated heterocycles. The number of nitrogens with one attached hydrogen (secondary N) is 1. The molecule has 7 heteroatoms. The third kappa shape index (κ3) is 3.69. The topological polar surface area (TPSA) is 64.4 Å². The summed E-state index contributed by atoms with van der Waals surface area (Å²) in [5.74, 6) is 0.0967. The molecule has 21 heavy (non-hydrogen) atoms. The van der Waals surface area contributed by atoms with Crippen LogP contribution in [0.3, 0.4) is 0 Å². The molecule has 2 aromatic carbocycles. The van der Waals surface area contributed by atoms with Gasteiger partial charge >= 0.3 is 0 Å². The first-order valence-corrected chi connectivity index (χ1v) is 6.81. The number of non-ortho nitro benzene ring substituents is 1. The van der Waals surface area contributed by atoms with Crippen molar-refractivity contribution in [2.75, 3.05) is 12.4 Å². The van der Waals surface area contributed by atoms with E-state index in [2.05, 4.69) is 21.2 Å². The van der Waals surface area contributed by atoms with Crippen LogP contribution >= 0.6 is 15.9 Å². The Balaban J connectivity index is 2.22. The van der Waals surface area contributed by atoms with Gasteiger partial charge in [0.05, 0.1) is 17.7 Å². The lowest BCUT2D eigenvalue weighted by Crippen LogP contribution is -2.04. The molecule has 0 fully saturated rings. The van der Waals surface area contributed by atoms with Gasteiger partial charge in [-0.2, -0.15) is 0 Å². The van der Waals surface area contributed by atoms with Gasteiger partial charge in [0.2, 0.25) is 0 Å². The summed E-state index contributed by atoms with van der Waals surface area (Å²) in [4.78, 5) is 10.3. The van der Waals surface area contributed by atoms with Crippen LogP contribution in [-0.4, -0.2) is 12.0 Å². The van der Waals surface area contributed by atoms with Crippen LogP contribution in [-0.2, 0) is 6.54 Å². The van der Waals surface area contributed by atoms with Crippen molar-refractivity contribution in [2.45, 2.75) is 6.54 Å². The van der Waals surface area contributed by atoms with Crippen LogP contribution in [0.4, 0.5) is 15.8 Å². The van der Waals surface area contributed by atoms with Gasteiger partial charge in [0.25, 0.3) is 5.69 Å². The van der Waals surface area contributed by atoms with Crippen LogP contribution < -0.4 is 10.1 Å². The molecule has 0 spiro atoms. The number of halogens is 2. The maximum atomic E-state index is 13.7. The van der Waals surface area contributed by atoms with Crippen LogP contribution in [0.2, 0.25) is 0 Å². The van der Waals surface area contributed by atoms with E-state index in [1.807, 2.05) is 0 Å². The van der Waals surface area contributed by atoms with Crippen LogP contribution in [0.25, 0.3) is 0 Å². The predicted octanol–water partition coefficient (Wildman–Crippen LogP) is 4.12. The zero-order chi connectivity index (χ0) is 15.4. The molecule has 110 valence electrons. The molecular weight excluding hydrogens is 343 g/mol. The lowest BCUT2D eigenvalue weighted by molar-refractivity contribution is -0.384. The molecule has 0 atom stereocenters. The van der Waals surface area contributed by atoms with E-state index < -0.39 is 4.92 Å². The minimum Gasteiger partial charge on any atom is -0.495 e. The molecular formula is C14H12BrFN2O3. The third-order valence-corrected chi connectivity index (χ3v) is 3.37. The average Bonchev–Trinajstić information content (AvgIpc) is 2.46. The summed E-state index contributed by atoms with van der Waals surface area (Å²) in [5, 5.41) is 13.7. The number of methoxy groups -OCH3 is 1. The molecule has 0 bridgehead atoms. The Bertz CT molecular complexity index is 679. The second-order valence-corrected chi connectivity index (χ2v) is 5.15. The molecule has 0 aliphatic carbocycles. The normalized spacial score (nSPS) is 10.2. The van der Waals surface area contributed by atoms with Crippen molar-refractivity contribution < 1.29 is 14.1 Å². The highest BCUT2D eigenvalue weighted by atomic mass is 79.9. The average molecular weight is 355 g/mol. The highest BCUT2D eigenvalue weighted by molar-refractivity contribution is 9.10. The fourth-order valence-electron chi connectivity index (χ4n) is 1.80. The standard InChI is InChI=1S/C14H12BrFN2O3/c1-21-14-5-4-11(18(19)20)7-13(14)17-8-9-2-3-10(15)6-12(9)16/h2-7,17H,8H2,1H3. The number of nitro benzene ring substituents is 1. The SMILES string of the molecule is COc1ccc([N+](=O)[O-])cc1NCc1ccc(Br)cc1F. The van der Waals surface area contributed by atoms with Gasteiger partial charge in [0.15, 0.2) is 0 Å². The summed E-state index contributed by atoms with van der Waals surface area (Å²) in [7, 11) is 1.46. The molecule has 0 aromatic heterocycles. The van der Waals surface area contributed by atoms with E-state index in [1.165, 1.54) is 31.4 Å². The molecule has 0 heterocycles. The van der Waals surface area contributed by atoms with Gasteiger partial charge in [-0.05, 0) is 18.2 Å². The van der Waals surface area contributed by atoms with E-state index in [0.29, 0.717) is 21.5 Å². The number of hydrogen-bond donors (Lipinski definition) is 1. The van der Waals surface area contributed by atoms with Crippen LogP contribution in [0.1, 0.15) is 5.56 Å². The van der Waals surface area contributed by atoms with Crippen molar-refractivity contribution in [3.8, 4) is 5.75 Å². The Morgan fingerprint density at radius 3 is 2.71 bits per heavy atom. The zero-order valence-corrected chi connectivity index (χ0v) is 12.7. The predicted molar refractivity (Wildman–Crippen MR) is 81.1 cm³/mol. The van der Waals surface area contributed by atoms with Gasteiger partial charge in [-0.1, -0.05) is 22.0 Å². The number of rotatable bonds is 5. The summed E-state index contributed by atoms with van der Waals surface area (Å²) in [6, 6.07) is 8.93. The number of hydrogen-bond acceptors (Lipinski definition) is 4. The van der Waals surface area contributed by atoms with Crippen molar-refractivity contribution in [1.29, 1.82) is 0 Å². The molecule has 0 radical (unpaired) electrons. The Hall–Kier alpha value is -2.15. The number of nitro groups is 1. The number of benzene rings is 2. The van der Waals surface area contributed by atoms with Crippen molar-refractivity contribution in [3.05, 3.63) is 62.4 Å². The van der Waals surface area contributed by atoms with Gasteiger partial charge in [0.1, 0.15) is 11.6 Å². The highest BCUT2D eigenvalue weighted by Gasteiger charge is 2.12. The van der Waals surface area contributed by atoms with Gasteiger partial charge in [-0.3, -0.25) is 10.1 Å². The Labute approximate surface area is 129 Å². The van der Waals surface area contributed by atoms with Gasteiger partial charge in [0, 0.05) is 28.7 Å². The number of ether oxygens (including phenoxy) is 1. The highest BCUT2D eigenvalue weighted by Crippen LogP contribution is 2.29. The summed E-state index contributed by atoms with van der Waals surface area (Å²) < 4.78 is 19.5. The second-order valence-electron chi connectivity index (χ2n) is 4.23. The number of anilines is 1. The Morgan fingerprint density at radius 1 is 1.33 bits per heavy atom. The van der Waals surface area contributed by atoms with Crippen molar-refractivity contribution >= 4 is 27.3 Å². The lowest BCUT2D eigenvalue weighted by atomic mass is 10.2. The molecule has 1 N–H and O–H groups in total. The molecule has 0 aliphatic heterocycles. The largest absolute Gasteiger partial charge is 0.495 e. The quantitative estimate of drug-likeness (QED) is 0.647.